The molecule has 3 aromatic carbocycles. The van der Waals surface area contributed by atoms with Gasteiger partial charge in [-0.05, 0) is 72.5 Å². The van der Waals surface area contributed by atoms with Crippen molar-refractivity contribution in [1.82, 2.24) is 9.62 Å². The highest BCUT2D eigenvalue weighted by atomic mass is 32.2. The maximum absolute atomic E-state index is 13.2. The average molecular weight is 512 g/mol. The molecule has 1 heterocycles. The van der Waals surface area contributed by atoms with Crippen LogP contribution in [0.25, 0.3) is 0 Å². The van der Waals surface area contributed by atoms with E-state index in [1.165, 1.54) is 16.4 Å². The average Bonchev–Trinajstić information content (AvgIpc) is 3.38. The number of anilines is 1. The van der Waals surface area contributed by atoms with Crippen LogP contribution in [0.5, 0.6) is 5.75 Å². The number of carbonyl (C=O) groups excluding carboxylic acids is 1. The summed E-state index contributed by atoms with van der Waals surface area (Å²) in [6.07, 6.45) is 1.01. The molecule has 0 aromatic heterocycles. The maximum atomic E-state index is 13.2. The van der Waals surface area contributed by atoms with Crippen LogP contribution in [0.2, 0.25) is 0 Å². The first kappa shape index (κ1) is 25.7. The fourth-order valence-corrected chi connectivity index (χ4v) is 5.83. The van der Waals surface area contributed by atoms with E-state index >= 15 is 0 Å². The lowest BCUT2D eigenvalue weighted by atomic mass is 10.2. The Balaban J connectivity index is 1.36. The van der Waals surface area contributed by atoms with Gasteiger partial charge in [-0.3, -0.25) is 4.79 Å². The maximum Gasteiger partial charge on any atom is 0.243 e. The van der Waals surface area contributed by atoms with Crippen LogP contribution in [0, 0.1) is 5.82 Å². The van der Waals surface area contributed by atoms with Crippen LogP contribution >= 0.6 is 0 Å². The Hall–Kier alpha value is -3.43. The van der Waals surface area contributed by atoms with Gasteiger partial charge in [-0.15, -0.1) is 0 Å². The first-order valence-corrected chi connectivity index (χ1v) is 13.2. The van der Waals surface area contributed by atoms with Crippen LogP contribution in [0.1, 0.15) is 24.0 Å². The molecule has 0 spiro atoms. The highest BCUT2D eigenvalue weighted by Gasteiger charge is 2.39. The van der Waals surface area contributed by atoms with Crippen LogP contribution < -0.4 is 15.0 Å². The zero-order valence-corrected chi connectivity index (χ0v) is 21.2. The molecule has 190 valence electrons. The Kier molecular flexibility index (Phi) is 7.91. The summed E-state index contributed by atoms with van der Waals surface area (Å²) in [5.41, 5.74) is 2.98. The van der Waals surface area contributed by atoms with Crippen molar-refractivity contribution in [3.05, 3.63) is 89.7 Å². The zero-order chi connectivity index (χ0) is 25.7. The third-order valence-electron chi connectivity index (χ3n) is 6.12. The van der Waals surface area contributed by atoms with Crippen molar-refractivity contribution >= 4 is 21.6 Å². The molecule has 3 aromatic rings. The number of hydrogen-bond acceptors (Lipinski definition) is 5. The SMILES string of the molecule is CN(C)c1cccc(COc2cccc(CNC(=O)[C@@H]3CCCN3S(=O)(=O)c3ccc(F)cc3)c2)c1. The molecular formula is C27H30FN3O4S. The molecule has 1 saturated heterocycles. The van der Waals surface area contributed by atoms with Crippen molar-refractivity contribution in [2.24, 2.45) is 0 Å². The van der Waals surface area contributed by atoms with E-state index in [1.54, 1.807) is 0 Å². The van der Waals surface area contributed by atoms with Gasteiger partial charge in [0.05, 0.1) is 4.90 Å². The topological polar surface area (TPSA) is 79.0 Å². The molecule has 0 unspecified atom stereocenters. The molecule has 1 aliphatic rings. The number of nitrogens with zero attached hydrogens (tertiary/aromatic N) is 2. The largest absolute Gasteiger partial charge is 0.489 e. The van der Waals surface area contributed by atoms with Gasteiger partial charge in [0, 0.05) is 32.9 Å². The van der Waals surface area contributed by atoms with Crippen molar-refractivity contribution in [3.63, 3.8) is 0 Å². The van der Waals surface area contributed by atoms with E-state index in [4.69, 9.17) is 4.74 Å². The molecule has 0 radical (unpaired) electrons. The summed E-state index contributed by atoms with van der Waals surface area (Å²) in [5, 5.41) is 2.86. The predicted octanol–water partition coefficient (Wildman–Crippen LogP) is 3.94. The minimum Gasteiger partial charge on any atom is -0.489 e. The molecule has 0 saturated carbocycles. The number of nitrogens with one attached hydrogen (secondary N) is 1. The normalized spacial score (nSPS) is 16.0. The molecule has 0 aliphatic carbocycles. The number of halogens is 1. The summed E-state index contributed by atoms with van der Waals surface area (Å²) < 4.78 is 46.5. The Morgan fingerprint density at radius 1 is 1.06 bits per heavy atom. The predicted molar refractivity (Wildman–Crippen MR) is 137 cm³/mol. The molecule has 0 bridgehead atoms. The number of amides is 1. The van der Waals surface area contributed by atoms with Crippen molar-refractivity contribution < 1.29 is 22.3 Å². The highest BCUT2D eigenvalue weighted by Crippen LogP contribution is 2.26. The second-order valence-electron chi connectivity index (χ2n) is 8.95. The van der Waals surface area contributed by atoms with Crippen LogP contribution in [0.4, 0.5) is 10.1 Å². The first-order chi connectivity index (χ1) is 17.2. The smallest absolute Gasteiger partial charge is 0.243 e. The minimum absolute atomic E-state index is 0.0235. The van der Waals surface area contributed by atoms with E-state index in [1.807, 2.05) is 61.5 Å². The number of ether oxygens (including phenoxy) is 1. The third kappa shape index (κ3) is 6.03. The number of rotatable bonds is 9. The minimum atomic E-state index is -3.90. The van der Waals surface area contributed by atoms with Gasteiger partial charge in [0.2, 0.25) is 15.9 Å². The quantitative estimate of drug-likeness (QED) is 0.471. The lowest BCUT2D eigenvalue weighted by Gasteiger charge is -2.23. The zero-order valence-electron chi connectivity index (χ0n) is 20.4. The van der Waals surface area contributed by atoms with Gasteiger partial charge in [-0.1, -0.05) is 24.3 Å². The van der Waals surface area contributed by atoms with Gasteiger partial charge in [-0.2, -0.15) is 4.31 Å². The molecule has 1 atom stereocenters. The van der Waals surface area contributed by atoms with Crippen LogP contribution in [-0.4, -0.2) is 45.3 Å². The molecule has 1 fully saturated rings. The highest BCUT2D eigenvalue weighted by molar-refractivity contribution is 7.89. The van der Waals surface area contributed by atoms with Crippen molar-refractivity contribution in [1.29, 1.82) is 0 Å². The van der Waals surface area contributed by atoms with Gasteiger partial charge in [-0.25, -0.2) is 12.8 Å². The van der Waals surface area contributed by atoms with E-state index in [9.17, 15) is 17.6 Å². The van der Waals surface area contributed by atoms with E-state index in [0.29, 0.717) is 25.2 Å². The van der Waals surface area contributed by atoms with Crippen LogP contribution in [0.15, 0.2) is 77.7 Å². The van der Waals surface area contributed by atoms with Crippen LogP contribution in [-0.2, 0) is 28.0 Å². The summed E-state index contributed by atoms with van der Waals surface area (Å²) in [6, 6.07) is 19.4. The Labute approximate surface area is 211 Å². The summed E-state index contributed by atoms with van der Waals surface area (Å²) in [5.74, 6) is -0.193. The lowest BCUT2D eigenvalue weighted by Crippen LogP contribution is -2.45. The monoisotopic (exact) mass is 511 g/mol. The lowest BCUT2D eigenvalue weighted by molar-refractivity contribution is -0.124. The summed E-state index contributed by atoms with van der Waals surface area (Å²) in [4.78, 5) is 14.9. The third-order valence-corrected chi connectivity index (χ3v) is 8.05. The number of carbonyl (C=O) groups is 1. The first-order valence-electron chi connectivity index (χ1n) is 11.8. The number of sulfonamides is 1. The molecule has 1 N–H and O–H groups in total. The van der Waals surface area contributed by atoms with E-state index in [-0.39, 0.29) is 23.9 Å². The Morgan fingerprint density at radius 2 is 1.78 bits per heavy atom. The van der Waals surface area contributed by atoms with Gasteiger partial charge >= 0.3 is 0 Å². The van der Waals surface area contributed by atoms with E-state index < -0.39 is 21.9 Å². The van der Waals surface area contributed by atoms with Gasteiger partial charge in [0.15, 0.2) is 0 Å². The molecule has 4 rings (SSSR count). The Morgan fingerprint density at radius 3 is 2.53 bits per heavy atom. The van der Waals surface area contributed by atoms with Crippen molar-refractivity contribution in [3.8, 4) is 5.75 Å². The second kappa shape index (κ2) is 11.1. The van der Waals surface area contributed by atoms with Gasteiger partial charge < -0.3 is 15.0 Å². The Bertz CT molecular complexity index is 1310. The van der Waals surface area contributed by atoms with E-state index in [0.717, 1.165) is 28.9 Å². The second-order valence-corrected chi connectivity index (χ2v) is 10.8. The van der Waals surface area contributed by atoms with Crippen LogP contribution in [0.3, 0.4) is 0 Å². The van der Waals surface area contributed by atoms with Crippen molar-refractivity contribution in [2.75, 3.05) is 25.5 Å². The number of benzene rings is 3. The summed E-state index contributed by atoms with van der Waals surface area (Å²) in [7, 11) is 0.0749. The van der Waals surface area contributed by atoms with E-state index in [2.05, 4.69) is 11.4 Å². The molecule has 9 heteroatoms. The molecule has 1 amide bonds. The molecular weight excluding hydrogens is 481 g/mol. The molecule has 36 heavy (non-hydrogen) atoms. The van der Waals surface area contributed by atoms with Gasteiger partial charge in [0.1, 0.15) is 24.2 Å². The number of hydrogen-bond donors (Lipinski definition) is 1. The fourth-order valence-electron chi connectivity index (χ4n) is 4.18. The molecule has 1 aliphatic heterocycles. The summed E-state index contributed by atoms with van der Waals surface area (Å²) in [6.45, 7) is 0.902. The summed E-state index contributed by atoms with van der Waals surface area (Å²) >= 11 is 0. The fraction of sp³-hybridized carbons (Fsp3) is 0.296. The van der Waals surface area contributed by atoms with Gasteiger partial charge in [0.25, 0.3) is 0 Å². The molecule has 7 nitrogen and oxygen atoms in total. The standard InChI is InChI=1S/C27H30FN3O4S/c1-30(2)23-8-3-7-21(16-23)19-35-24-9-4-6-20(17-24)18-29-27(32)26-10-5-15-31(26)36(33,34)25-13-11-22(28)12-14-25/h3-4,6-9,11-14,16-17,26H,5,10,15,18-19H2,1-2H3,(H,29,32)/t26-/m0/s1. The van der Waals surface area contributed by atoms with Crippen molar-refractivity contribution in [2.45, 2.75) is 36.9 Å².